The predicted octanol–water partition coefficient (Wildman–Crippen LogP) is 1.68. The van der Waals surface area contributed by atoms with E-state index in [1.165, 1.54) is 16.8 Å². The van der Waals surface area contributed by atoms with Gasteiger partial charge in [-0.2, -0.15) is 0 Å². The molecule has 6 heteroatoms. The number of aromatic carboxylic acids is 1. The zero-order valence-corrected chi connectivity index (χ0v) is 9.50. The highest BCUT2D eigenvalue weighted by Gasteiger charge is 2.14. The van der Waals surface area contributed by atoms with Gasteiger partial charge in [0.1, 0.15) is 5.00 Å². The van der Waals surface area contributed by atoms with Crippen molar-refractivity contribution in [3.05, 3.63) is 11.2 Å². The number of nitrogens with zero attached hydrogens (tertiary/aromatic N) is 1. The highest BCUT2D eigenvalue weighted by molar-refractivity contribution is 7.14. The van der Waals surface area contributed by atoms with E-state index in [4.69, 9.17) is 9.84 Å². The first kappa shape index (κ1) is 11.9. The average Bonchev–Trinajstić information content (AvgIpc) is 2.62. The van der Waals surface area contributed by atoms with Gasteiger partial charge in [-0.15, -0.1) is 11.3 Å². The fourth-order valence-electron chi connectivity index (χ4n) is 1.06. The van der Waals surface area contributed by atoms with Gasteiger partial charge in [-0.1, -0.05) is 0 Å². The number of anilines is 1. The Bertz CT molecular complexity index is 327. The summed E-state index contributed by atoms with van der Waals surface area (Å²) in [5.41, 5.74) is 1.59. The minimum atomic E-state index is -1.01. The Balaban J connectivity index is 2.56. The van der Waals surface area contributed by atoms with E-state index < -0.39 is 5.97 Å². The smallest absolute Gasteiger partial charge is 0.357 e. The number of ether oxygens (including phenoxy) is 1. The Morgan fingerprint density at radius 3 is 3.13 bits per heavy atom. The first-order valence-electron chi connectivity index (χ1n) is 4.66. The van der Waals surface area contributed by atoms with Crippen LogP contribution in [0.2, 0.25) is 0 Å². The Morgan fingerprint density at radius 2 is 2.53 bits per heavy atom. The maximum Gasteiger partial charge on any atom is 0.357 e. The van der Waals surface area contributed by atoms with Crippen molar-refractivity contribution in [2.75, 3.05) is 18.5 Å². The molecule has 0 amide bonds. The van der Waals surface area contributed by atoms with Crippen LogP contribution in [0, 0.1) is 0 Å². The summed E-state index contributed by atoms with van der Waals surface area (Å²) in [5, 5.41) is 12.5. The van der Waals surface area contributed by atoms with Crippen molar-refractivity contribution >= 4 is 22.3 Å². The molecule has 0 fully saturated rings. The lowest BCUT2D eigenvalue weighted by atomic mass is 10.3. The molecule has 0 aliphatic heterocycles. The molecule has 0 radical (unpaired) electrons. The van der Waals surface area contributed by atoms with Gasteiger partial charge >= 0.3 is 5.97 Å². The summed E-state index contributed by atoms with van der Waals surface area (Å²) in [6.07, 6.45) is 0. The van der Waals surface area contributed by atoms with E-state index in [-0.39, 0.29) is 11.7 Å². The minimum absolute atomic E-state index is 0.0725. The van der Waals surface area contributed by atoms with Gasteiger partial charge in [0.05, 0.1) is 12.1 Å². The molecule has 1 atom stereocenters. The summed E-state index contributed by atoms with van der Waals surface area (Å²) in [6, 6.07) is 0.0727. The standard InChI is InChI=1S/C9H14N2O3S/c1-3-14-4-6(2)11-8-7(9(12)13)10-5-15-8/h5-6,11H,3-4H2,1-2H3,(H,12,13). The van der Waals surface area contributed by atoms with Gasteiger partial charge in [0.15, 0.2) is 5.69 Å². The maximum atomic E-state index is 10.8. The highest BCUT2D eigenvalue weighted by atomic mass is 32.1. The first-order chi connectivity index (χ1) is 7.15. The van der Waals surface area contributed by atoms with Gasteiger partial charge < -0.3 is 15.2 Å². The fraction of sp³-hybridized carbons (Fsp3) is 0.556. The van der Waals surface area contributed by atoms with Crippen LogP contribution in [0.3, 0.4) is 0 Å². The number of thiazole rings is 1. The summed E-state index contributed by atoms with van der Waals surface area (Å²) < 4.78 is 5.22. The second-order valence-electron chi connectivity index (χ2n) is 3.04. The molecular formula is C9H14N2O3S. The van der Waals surface area contributed by atoms with Crippen LogP contribution in [0.25, 0.3) is 0 Å². The van der Waals surface area contributed by atoms with Crippen molar-refractivity contribution in [1.29, 1.82) is 0 Å². The van der Waals surface area contributed by atoms with Gasteiger partial charge in [0.25, 0.3) is 0 Å². The zero-order valence-electron chi connectivity index (χ0n) is 8.69. The Labute approximate surface area is 92.1 Å². The SMILES string of the molecule is CCOCC(C)Nc1scnc1C(=O)O. The van der Waals surface area contributed by atoms with Crippen molar-refractivity contribution in [2.45, 2.75) is 19.9 Å². The summed E-state index contributed by atoms with van der Waals surface area (Å²) in [5.74, 6) is -1.01. The molecule has 0 spiro atoms. The van der Waals surface area contributed by atoms with Gasteiger partial charge in [-0.05, 0) is 13.8 Å². The van der Waals surface area contributed by atoms with Crippen LogP contribution in [0.5, 0.6) is 0 Å². The maximum absolute atomic E-state index is 10.8. The number of nitrogens with one attached hydrogen (secondary N) is 1. The lowest BCUT2D eigenvalue weighted by molar-refractivity contribution is 0.0692. The van der Waals surface area contributed by atoms with E-state index >= 15 is 0 Å². The normalized spacial score (nSPS) is 12.4. The second kappa shape index (κ2) is 5.67. The van der Waals surface area contributed by atoms with Crippen molar-refractivity contribution in [3.8, 4) is 0 Å². The average molecular weight is 230 g/mol. The number of rotatable bonds is 6. The van der Waals surface area contributed by atoms with Crippen LogP contribution < -0.4 is 5.32 Å². The number of hydrogen-bond acceptors (Lipinski definition) is 5. The van der Waals surface area contributed by atoms with Gasteiger partial charge in [-0.25, -0.2) is 9.78 Å². The van der Waals surface area contributed by atoms with Crippen LogP contribution in [-0.2, 0) is 4.74 Å². The molecule has 1 heterocycles. The van der Waals surface area contributed by atoms with E-state index in [1.807, 2.05) is 13.8 Å². The third-order valence-corrected chi connectivity index (χ3v) is 2.48. The molecule has 0 saturated carbocycles. The summed E-state index contributed by atoms with van der Waals surface area (Å²) in [7, 11) is 0. The lowest BCUT2D eigenvalue weighted by Crippen LogP contribution is -2.22. The largest absolute Gasteiger partial charge is 0.476 e. The second-order valence-corrected chi connectivity index (χ2v) is 3.89. The Kier molecular flexibility index (Phi) is 4.51. The molecule has 0 aromatic carbocycles. The molecular weight excluding hydrogens is 216 g/mol. The number of carboxylic acid groups (broad SMARTS) is 1. The predicted molar refractivity (Wildman–Crippen MR) is 58.7 cm³/mol. The Morgan fingerprint density at radius 1 is 1.80 bits per heavy atom. The molecule has 15 heavy (non-hydrogen) atoms. The number of carbonyl (C=O) groups is 1. The third kappa shape index (κ3) is 3.49. The molecule has 0 bridgehead atoms. The fourth-order valence-corrected chi connectivity index (χ4v) is 1.85. The van der Waals surface area contributed by atoms with Crippen molar-refractivity contribution in [2.24, 2.45) is 0 Å². The molecule has 2 N–H and O–H groups in total. The third-order valence-electron chi connectivity index (χ3n) is 1.72. The van der Waals surface area contributed by atoms with Crippen LogP contribution in [-0.4, -0.2) is 35.3 Å². The van der Waals surface area contributed by atoms with E-state index in [2.05, 4.69) is 10.3 Å². The monoisotopic (exact) mass is 230 g/mol. The highest BCUT2D eigenvalue weighted by Crippen LogP contribution is 2.20. The molecule has 1 aromatic heterocycles. The molecule has 0 aliphatic rings. The van der Waals surface area contributed by atoms with Gasteiger partial charge in [-0.3, -0.25) is 0 Å². The molecule has 5 nitrogen and oxygen atoms in total. The molecule has 0 saturated heterocycles. The van der Waals surface area contributed by atoms with E-state index in [9.17, 15) is 4.79 Å². The molecule has 1 rings (SSSR count). The van der Waals surface area contributed by atoms with Crippen LogP contribution in [0.1, 0.15) is 24.3 Å². The van der Waals surface area contributed by atoms with E-state index in [1.54, 1.807) is 0 Å². The zero-order chi connectivity index (χ0) is 11.3. The molecule has 84 valence electrons. The van der Waals surface area contributed by atoms with Crippen molar-refractivity contribution in [3.63, 3.8) is 0 Å². The lowest BCUT2D eigenvalue weighted by Gasteiger charge is -2.13. The van der Waals surface area contributed by atoms with Crippen molar-refractivity contribution in [1.82, 2.24) is 4.98 Å². The van der Waals surface area contributed by atoms with E-state index in [0.29, 0.717) is 18.2 Å². The van der Waals surface area contributed by atoms with E-state index in [0.717, 1.165) is 0 Å². The molecule has 0 aliphatic carbocycles. The molecule has 1 unspecified atom stereocenters. The number of carboxylic acids is 1. The van der Waals surface area contributed by atoms with Crippen LogP contribution in [0.4, 0.5) is 5.00 Å². The quantitative estimate of drug-likeness (QED) is 0.778. The molecule has 1 aromatic rings. The topological polar surface area (TPSA) is 71.5 Å². The number of aromatic nitrogens is 1. The van der Waals surface area contributed by atoms with Crippen molar-refractivity contribution < 1.29 is 14.6 Å². The summed E-state index contributed by atoms with van der Waals surface area (Å²) >= 11 is 1.28. The number of hydrogen-bond donors (Lipinski definition) is 2. The minimum Gasteiger partial charge on any atom is -0.476 e. The summed E-state index contributed by atoms with van der Waals surface area (Å²) in [6.45, 7) is 5.05. The first-order valence-corrected chi connectivity index (χ1v) is 5.54. The van der Waals surface area contributed by atoms with Gasteiger partial charge in [0, 0.05) is 12.6 Å². The van der Waals surface area contributed by atoms with Gasteiger partial charge in [0.2, 0.25) is 0 Å². The van der Waals surface area contributed by atoms with Crippen LogP contribution in [0.15, 0.2) is 5.51 Å². The summed E-state index contributed by atoms with van der Waals surface area (Å²) in [4.78, 5) is 14.5. The Hall–Kier alpha value is -1.14. The van der Waals surface area contributed by atoms with Crippen LogP contribution >= 0.6 is 11.3 Å².